The zero-order chi connectivity index (χ0) is 23.0. The molecule has 0 aromatic heterocycles. The van der Waals surface area contributed by atoms with Crippen LogP contribution in [0.2, 0.25) is 0 Å². The number of hydrogen-bond acceptors (Lipinski definition) is 3. The summed E-state index contributed by atoms with van der Waals surface area (Å²) < 4.78 is 0. The summed E-state index contributed by atoms with van der Waals surface area (Å²) in [5, 5.41) is 30.7. The van der Waals surface area contributed by atoms with Crippen molar-refractivity contribution in [1.29, 1.82) is 0 Å². The van der Waals surface area contributed by atoms with E-state index in [1.54, 1.807) is 5.57 Å². The molecular formula is C28H48O3. The Morgan fingerprint density at radius 1 is 1.13 bits per heavy atom. The van der Waals surface area contributed by atoms with Gasteiger partial charge in [-0.2, -0.15) is 0 Å². The van der Waals surface area contributed by atoms with E-state index in [0.717, 1.165) is 18.8 Å². The van der Waals surface area contributed by atoms with Gasteiger partial charge in [-0.1, -0.05) is 63.8 Å². The number of fused-ring (bicyclic) bond motifs is 1. The molecule has 3 rings (SSSR count). The minimum Gasteiger partial charge on any atom is -0.393 e. The van der Waals surface area contributed by atoms with Crippen LogP contribution in [0.3, 0.4) is 0 Å². The van der Waals surface area contributed by atoms with Gasteiger partial charge in [0.15, 0.2) is 0 Å². The van der Waals surface area contributed by atoms with Crippen LogP contribution < -0.4 is 0 Å². The molecule has 0 aliphatic heterocycles. The van der Waals surface area contributed by atoms with Gasteiger partial charge in [-0.3, -0.25) is 0 Å². The van der Waals surface area contributed by atoms with Gasteiger partial charge in [0.25, 0.3) is 0 Å². The summed E-state index contributed by atoms with van der Waals surface area (Å²) in [6.45, 7) is 13.0. The lowest BCUT2D eigenvalue weighted by Gasteiger charge is -2.44. The van der Waals surface area contributed by atoms with E-state index < -0.39 is 17.8 Å². The highest BCUT2D eigenvalue weighted by Gasteiger charge is 2.50. The molecule has 6 atom stereocenters. The summed E-state index contributed by atoms with van der Waals surface area (Å²) in [6.07, 6.45) is 14.5. The average molecular weight is 433 g/mol. The number of allylic oxidation sites excluding steroid dienone is 3. The second kappa shape index (κ2) is 9.31. The van der Waals surface area contributed by atoms with E-state index in [2.05, 4.69) is 39.8 Å². The Labute approximate surface area is 191 Å². The summed E-state index contributed by atoms with van der Waals surface area (Å²) in [7, 11) is 0. The minimum atomic E-state index is -0.551. The molecule has 0 aromatic carbocycles. The Morgan fingerprint density at radius 3 is 2.52 bits per heavy atom. The third-order valence-electron chi connectivity index (χ3n) is 9.28. The van der Waals surface area contributed by atoms with Crippen LogP contribution in [0.15, 0.2) is 23.3 Å². The first-order valence-corrected chi connectivity index (χ1v) is 12.8. The van der Waals surface area contributed by atoms with E-state index in [0.29, 0.717) is 30.1 Å². The average Bonchev–Trinajstić information content (AvgIpc) is 3.00. The molecule has 3 nitrogen and oxygen atoms in total. The summed E-state index contributed by atoms with van der Waals surface area (Å²) in [5.41, 5.74) is 2.36. The molecule has 0 saturated heterocycles. The van der Waals surface area contributed by atoms with Crippen molar-refractivity contribution in [2.24, 2.45) is 28.6 Å². The van der Waals surface area contributed by atoms with Crippen molar-refractivity contribution in [3.63, 3.8) is 0 Å². The maximum absolute atomic E-state index is 10.5. The topological polar surface area (TPSA) is 60.7 Å². The molecule has 31 heavy (non-hydrogen) atoms. The number of rotatable bonds is 6. The van der Waals surface area contributed by atoms with E-state index in [4.69, 9.17) is 0 Å². The Balaban J connectivity index is 1.73. The molecule has 0 spiro atoms. The van der Waals surface area contributed by atoms with Gasteiger partial charge in [-0.15, -0.1) is 0 Å². The van der Waals surface area contributed by atoms with E-state index in [-0.39, 0.29) is 5.41 Å². The highest BCUT2D eigenvalue weighted by molar-refractivity contribution is 5.29. The quantitative estimate of drug-likeness (QED) is 0.470. The van der Waals surface area contributed by atoms with Crippen molar-refractivity contribution in [2.45, 2.75) is 124 Å². The third-order valence-corrected chi connectivity index (χ3v) is 9.28. The van der Waals surface area contributed by atoms with Gasteiger partial charge in [0, 0.05) is 11.8 Å². The van der Waals surface area contributed by atoms with E-state index in [1.807, 2.05) is 13.8 Å². The van der Waals surface area contributed by atoms with Crippen molar-refractivity contribution in [1.82, 2.24) is 0 Å². The molecule has 0 radical (unpaired) electrons. The lowest BCUT2D eigenvalue weighted by molar-refractivity contribution is -0.00660. The van der Waals surface area contributed by atoms with Crippen molar-refractivity contribution in [3.8, 4) is 0 Å². The molecule has 3 aliphatic rings. The van der Waals surface area contributed by atoms with Crippen molar-refractivity contribution >= 4 is 0 Å². The lowest BCUT2D eigenvalue weighted by atomic mass is 9.60. The zero-order valence-corrected chi connectivity index (χ0v) is 21.0. The fourth-order valence-corrected chi connectivity index (χ4v) is 7.13. The molecule has 0 amide bonds. The highest BCUT2D eigenvalue weighted by Crippen LogP contribution is 2.60. The molecule has 2 unspecified atom stereocenters. The fraction of sp³-hybridized carbons (Fsp3) is 0.857. The van der Waals surface area contributed by atoms with Gasteiger partial charge in [-0.05, 0) is 82.0 Å². The maximum atomic E-state index is 10.5. The van der Waals surface area contributed by atoms with E-state index in [1.165, 1.54) is 44.1 Å². The first-order valence-electron chi connectivity index (χ1n) is 12.8. The predicted octanol–water partition coefficient (Wildman–Crippen LogP) is 6.17. The second-order valence-electron chi connectivity index (χ2n) is 12.5. The molecule has 3 fully saturated rings. The van der Waals surface area contributed by atoms with Crippen molar-refractivity contribution < 1.29 is 15.3 Å². The summed E-state index contributed by atoms with van der Waals surface area (Å²) in [4.78, 5) is 0. The van der Waals surface area contributed by atoms with Gasteiger partial charge in [0.2, 0.25) is 0 Å². The van der Waals surface area contributed by atoms with Gasteiger partial charge < -0.3 is 15.3 Å². The molecule has 3 N–H and O–H groups in total. The SMILES string of the molecule is C[C@@H](CCCC(C)(C)O)C1CCC2/C(=C/C=C3/C[C@@H](O)C[C@H](O)C3(C)C)CCC[C@@]21C. The van der Waals surface area contributed by atoms with Crippen LogP contribution in [-0.4, -0.2) is 33.1 Å². The van der Waals surface area contributed by atoms with Crippen LogP contribution in [0.4, 0.5) is 0 Å². The zero-order valence-electron chi connectivity index (χ0n) is 21.0. The fourth-order valence-electron chi connectivity index (χ4n) is 7.13. The van der Waals surface area contributed by atoms with E-state index in [9.17, 15) is 15.3 Å². The summed E-state index contributed by atoms with van der Waals surface area (Å²) in [5.74, 6) is 2.14. The number of aliphatic hydroxyl groups excluding tert-OH is 2. The Morgan fingerprint density at radius 2 is 1.84 bits per heavy atom. The van der Waals surface area contributed by atoms with Crippen LogP contribution in [0, 0.1) is 28.6 Å². The second-order valence-corrected chi connectivity index (χ2v) is 12.5. The molecule has 3 aliphatic carbocycles. The molecule has 3 heteroatoms. The first kappa shape index (κ1) is 25.0. The largest absolute Gasteiger partial charge is 0.393 e. The molecule has 0 heterocycles. The van der Waals surface area contributed by atoms with E-state index >= 15 is 0 Å². The maximum Gasteiger partial charge on any atom is 0.0653 e. The number of hydrogen-bond donors (Lipinski definition) is 3. The molecule has 178 valence electrons. The predicted molar refractivity (Wildman–Crippen MR) is 129 cm³/mol. The van der Waals surface area contributed by atoms with Crippen LogP contribution >= 0.6 is 0 Å². The smallest absolute Gasteiger partial charge is 0.0653 e. The monoisotopic (exact) mass is 432 g/mol. The van der Waals surface area contributed by atoms with Gasteiger partial charge in [0.05, 0.1) is 17.8 Å². The van der Waals surface area contributed by atoms with Crippen molar-refractivity contribution in [2.75, 3.05) is 0 Å². The molecule has 0 aromatic rings. The van der Waals surface area contributed by atoms with Crippen LogP contribution in [0.25, 0.3) is 0 Å². The third kappa shape index (κ3) is 5.47. The number of aliphatic hydroxyl groups is 3. The lowest BCUT2D eigenvalue weighted by Crippen LogP contribution is -2.40. The van der Waals surface area contributed by atoms with Crippen LogP contribution in [0.5, 0.6) is 0 Å². The Bertz CT molecular complexity index is 683. The minimum absolute atomic E-state index is 0.262. The van der Waals surface area contributed by atoms with Gasteiger partial charge in [0.1, 0.15) is 0 Å². The highest BCUT2D eigenvalue weighted by atomic mass is 16.3. The standard InChI is InChI=1S/C28H48O3/c1-19(9-7-15-26(2,3)31)23-13-14-24-20(10-8-16-28(23,24)6)11-12-21-17-22(29)18-25(30)27(21,4)5/h11-12,19,22-25,29-31H,7-10,13-18H2,1-6H3/b20-11+,21-12-/t19-,22+,23?,24?,25-,28+/m0/s1. The first-order chi connectivity index (χ1) is 14.3. The summed E-state index contributed by atoms with van der Waals surface area (Å²) >= 11 is 0. The van der Waals surface area contributed by atoms with Crippen molar-refractivity contribution in [3.05, 3.63) is 23.3 Å². The molecule has 0 bridgehead atoms. The van der Waals surface area contributed by atoms with Gasteiger partial charge in [-0.25, -0.2) is 0 Å². The van der Waals surface area contributed by atoms with Crippen LogP contribution in [-0.2, 0) is 0 Å². The Hall–Kier alpha value is -0.640. The summed E-state index contributed by atoms with van der Waals surface area (Å²) in [6, 6.07) is 0. The molecular weight excluding hydrogens is 384 g/mol. The normalized spacial score (nSPS) is 39.6. The van der Waals surface area contributed by atoms with Gasteiger partial charge >= 0.3 is 0 Å². The van der Waals surface area contributed by atoms with Crippen LogP contribution in [0.1, 0.15) is 106 Å². The molecule has 3 saturated carbocycles. The Kier molecular flexibility index (Phi) is 7.51.